The van der Waals surface area contributed by atoms with E-state index in [4.69, 9.17) is 4.74 Å². The van der Waals surface area contributed by atoms with Gasteiger partial charge in [-0.1, -0.05) is 42.5 Å². The predicted octanol–water partition coefficient (Wildman–Crippen LogP) is 2.71. The number of methoxy groups -OCH3 is 1. The molecule has 1 atom stereocenters. The number of rotatable bonds is 11. The maximum Gasteiger partial charge on any atom is 0.331 e. The molecular weight excluding hydrogens is 358 g/mol. The summed E-state index contributed by atoms with van der Waals surface area (Å²) in [6.07, 6.45) is 7.65. The maximum absolute atomic E-state index is 12.3. The van der Waals surface area contributed by atoms with Crippen LogP contribution in [0.5, 0.6) is 0 Å². The van der Waals surface area contributed by atoms with Crippen LogP contribution >= 0.6 is 0 Å². The van der Waals surface area contributed by atoms with Crippen LogP contribution in [-0.4, -0.2) is 55.5 Å². The van der Waals surface area contributed by atoms with Gasteiger partial charge in [0.25, 0.3) is 0 Å². The molecule has 1 fully saturated rings. The second-order valence-corrected chi connectivity index (χ2v) is 6.89. The van der Waals surface area contributed by atoms with Gasteiger partial charge >= 0.3 is 5.97 Å². The molecule has 0 aromatic heterocycles. The number of hydrogen-bond donors (Lipinski definition) is 0. The first-order valence-electron chi connectivity index (χ1n) is 9.74. The molecule has 0 bridgehead atoms. The lowest BCUT2D eigenvalue weighted by molar-refractivity contribution is -0.145. The molecule has 28 heavy (non-hydrogen) atoms. The first-order chi connectivity index (χ1) is 13.6. The molecule has 1 aliphatic rings. The summed E-state index contributed by atoms with van der Waals surface area (Å²) < 4.78 is 9.65. The van der Waals surface area contributed by atoms with Crippen LogP contribution in [0.1, 0.15) is 37.7 Å². The lowest BCUT2D eigenvalue weighted by Crippen LogP contribution is -2.43. The van der Waals surface area contributed by atoms with Gasteiger partial charge in [-0.2, -0.15) is 0 Å². The second kappa shape index (κ2) is 12.1. The Kier molecular flexibility index (Phi) is 9.42. The van der Waals surface area contributed by atoms with E-state index in [0.29, 0.717) is 32.2 Å². The highest BCUT2D eigenvalue weighted by atomic mass is 16.6. The average molecular weight is 387 g/mol. The Morgan fingerprint density at radius 3 is 2.75 bits per heavy atom. The minimum atomic E-state index is -0.417. The highest BCUT2D eigenvalue weighted by Crippen LogP contribution is 2.22. The monoisotopic (exact) mass is 387 g/mol. The number of carbonyl (C=O) groups excluding carboxylic acids is 3. The smallest absolute Gasteiger partial charge is 0.331 e. The van der Waals surface area contributed by atoms with Crippen molar-refractivity contribution in [1.82, 2.24) is 4.90 Å². The van der Waals surface area contributed by atoms with Crippen molar-refractivity contribution >= 4 is 17.7 Å². The number of nitrogens with zero attached hydrogens (tertiary/aromatic N) is 1. The van der Waals surface area contributed by atoms with Gasteiger partial charge in [0.05, 0.1) is 13.7 Å². The van der Waals surface area contributed by atoms with Crippen LogP contribution in [0.15, 0.2) is 42.5 Å². The van der Waals surface area contributed by atoms with Crippen molar-refractivity contribution in [2.45, 2.75) is 44.6 Å². The van der Waals surface area contributed by atoms with Crippen LogP contribution in [0.25, 0.3) is 0 Å². The molecule has 1 aromatic carbocycles. The summed E-state index contributed by atoms with van der Waals surface area (Å²) >= 11 is 0. The second-order valence-electron chi connectivity index (χ2n) is 6.89. The Balaban J connectivity index is 1.76. The number of ether oxygens (including phenoxy) is 2. The molecule has 0 aliphatic carbocycles. The fourth-order valence-electron chi connectivity index (χ4n) is 3.31. The Hall–Kier alpha value is -2.47. The lowest BCUT2D eigenvalue weighted by atomic mass is 9.95. The van der Waals surface area contributed by atoms with Crippen molar-refractivity contribution in [3.8, 4) is 0 Å². The quantitative estimate of drug-likeness (QED) is 0.332. The standard InChI is InChI=1S/C22H29NO5/c1-27-22(26)17-28-15-6-5-14-23-19(10-7-11-21(23)25)12-13-20(24)16-18-8-3-2-4-9-18/h2-6,8-9,19H,7,10-17H2,1H3/b6-5-/t19-/m1/s1. The minimum Gasteiger partial charge on any atom is -0.467 e. The van der Waals surface area contributed by atoms with Crippen molar-refractivity contribution in [3.63, 3.8) is 0 Å². The number of hydrogen-bond acceptors (Lipinski definition) is 5. The normalized spacial score (nSPS) is 17.1. The number of benzene rings is 1. The molecule has 0 unspecified atom stereocenters. The van der Waals surface area contributed by atoms with Crippen molar-refractivity contribution in [2.75, 3.05) is 26.9 Å². The molecule has 152 valence electrons. The number of likely N-dealkylation sites (tertiary alicyclic amines) is 1. The number of carbonyl (C=O) groups is 3. The summed E-state index contributed by atoms with van der Waals surface area (Å²) in [4.78, 5) is 37.4. The van der Waals surface area contributed by atoms with E-state index in [1.807, 2.05) is 41.3 Å². The summed E-state index contributed by atoms with van der Waals surface area (Å²) in [5, 5.41) is 0. The van der Waals surface area contributed by atoms with Crippen LogP contribution in [0.3, 0.4) is 0 Å². The molecule has 0 radical (unpaired) electrons. The summed E-state index contributed by atoms with van der Waals surface area (Å²) in [6.45, 7) is 0.699. The van der Waals surface area contributed by atoms with E-state index in [2.05, 4.69) is 4.74 Å². The van der Waals surface area contributed by atoms with E-state index in [1.54, 1.807) is 6.08 Å². The zero-order valence-corrected chi connectivity index (χ0v) is 16.5. The lowest BCUT2D eigenvalue weighted by Gasteiger charge is -2.35. The molecule has 1 heterocycles. The summed E-state index contributed by atoms with van der Waals surface area (Å²) in [7, 11) is 1.31. The Labute approximate surface area is 166 Å². The van der Waals surface area contributed by atoms with Gasteiger partial charge in [0.15, 0.2) is 0 Å². The van der Waals surface area contributed by atoms with Crippen LogP contribution in [-0.2, 0) is 30.3 Å². The molecule has 1 aromatic rings. The highest BCUT2D eigenvalue weighted by molar-refractivity contribution is 5.81. The van der Waals surface area contributed by atoms with Crippen LogP contribution < -0.4 is 0 Å². The number of piperidine rings is 1. The fraction of sp³-hybridized carbons (Fsp3) is 0.500. The van der Waals surface area contributed by atoms with E-state index < -0.39 is 5.97 Å². The topological polar surface area (TPSA) is 72.9 Å². The molecule has 6 nitrogen and oxygen atoms in total. The third kappa shape index (κ3) is 7.64. The van der Waals surface area contributed by atoms with E-state index >= 15 is 0 Å². The van der Waals surface area contributed by atoms with Crippen molar-refractivity contribution in [1.29, 1.82) is 0 Å². The molecular formula is C22H29NO5. The maximum atomic E-state index is 12.3. The molecule has 1 amide bonds. The van der Waals surface area contributed by atoms with Crippen LogP contribution in [0.2, 0.25) is 0 Å². The number of ketones is 1. The summed E-state index contributed by atoms with van der Waals surface area (Å²) in [5.74, 6) is -0.0809. The molecule has 0 spiro atoms. The Morgan fingerprint density at radius 2 is 2.00 bits per heavy atom. The van der Waals surface area contributed by atoms with Gasteiger partial charge in [-0.15, -0.1) is 0 Å². The van der Waals surface area contributed by atoms with Gasteiger partial charge in [0.2, 0.25) is 5.91 Å². The van der Waals surface area contributed by atoms with E-state index in [-0.39, 0.29) is 30.9 Å². The summed E-state index contributed by atoms with van der Waals surface area (Å²) in [6, 6.07) is 9.83. The molecule has 2 rings (SSSR count). The average Bonchev–Trinajstić information content (AvgIpc) is 2.70. The molecule has 0 saturated carbocycles. The van der Waals surface area contributed by atoms with E-state index in [9.17, 15) is 14.4 Å². The van der Waals surface area contributed by atoms with Crippen molar-refractivity contribution in [3.05, 3.63) is 48.0 Å². The predicted molar refractivity (Wildman–Crippen MR) is 106 cm³/mol. The number of amides is 1. The number of Topliss-reactive ketones (excluding diaryl/α,β-unsaturated/α-hetero) is 1. The Bertz CT molecular complexity index is 671. The van der Waals surface area contributed by atoms with Gasteiger partial charge < -0.3 is 14.4 Å². The molecule has 1 saturated heterocycles. The molecule has 1 aliphatic heterocycles. The van der Waals surface area contributed by atoms with Crippen LogP contribution in [0.4, 0.5) is 0 Å². The summed E-state index contributed by atoms with van der Waals surface area (Å²) in [5.41, 5.74) is 1.03. The Morgan fingerprint density at radius 1 is 1.21 bits per heavy atom. The zero-order valence-electron chi connectivity index (χ0n) is 16.5. The SMILES string of the molecule is COC(=O)COC/C=C\CN1C(=O)CCC[C@@H]1CCC(=O)Cc1ccccc1. The van der Waals surface area contributed by atoms with Gasteiger partial charge in [0, 0.05) is 31.8 Å². The third-order valence-electron chi connectivity index (χ3n) is 4.82. The van der Waals surface area contributed by atoms with Crippen LogP contribution in [0, 0.1) is 0 Å². The number of esters is 1. The van der Waals surface area contributed by atoms with E-state index in [1.165, 1.54) is 7.11 Å². The highest BCUT2D eigenvalue weighted by Gasteiger charge is 2.27. The van der Waals surface area contributed by atoms with Gasteiger partial charge in [0.1, 0.15) is 12.4 Å². The van der Waals surface area contributed by atoms with Crippen molar-refractivity contribution in [2.24, 2.45) is 0 Å². The first kappa shape index (κ1) is 21.8. The largest absolute Gasteiger partial charge is 0.467 e. The van der Waals surface area contributed by atoms with Gasteiger partial charge in [-0.05, 0) is 24.8 Å². The molecule has 0 N–H and O–H groups in total. The first-order valence-corrected chi connectivity index (χ1v) is 9.74. The third-order valence-corrected chi connectivity index (χ3v) is 4.82. The zero-order chi connectivity index (χ0) is 20.2. The van der Waals surface area contributed by atoms with Gasteiger partial charge in [-0.3, -0.25) is 9.59 Å². The van der Waals surface area contributed by atoms with E-state index in [0.717, 1.165) is 18.4 Å². The molecule has 6 heteroatoms. The fourth-order valence-corrected chi connectivity index (χ4v) is 3.31. The van der Waals surface area contributed by atoms with Crippen molar-refractivity contribution < 1.29 is 23.9 Å². The van der Waals surface area contributed by atoms with Gasteiger partial charge in [-0.25, -0.2) is 4.79 Å². The minimum absolute atomic E-state index is 0.0877.